The number of tetrazole rings is 1. The van der Waals surface area contributed by atoms with Crippen molar-refractivity contribution in [3.05, 3.63) is 48.0 Å². The molecule has 0 amide bonds. The zero-order valence-electron chi connectivity index (χ0n) is 12.9. The van der Waals surface area contributed by atoms with Gasteiger partial charge in [-0.05, 0) is 59.8 Å². The smallest absolute Gasteiger partial charge is 0.183 e. The van der Waals surface area contributed by atoms with Gasteiger partial charge in [0.25, 0.3) is 0 Å². The summed E-state index contributed by atoms with van der Waals surface area (Å²) >= 11 is 1.42. The predicted molar refractivity (Wildman–Crippen MR) is 88.8 cm³/mol. The van der Waals surface area contributed by atoms with E-state index in [9.17, 15) is 8.78 Å². The van der Waals surface area contributed by atoms with Crippen molar-refractivity contribution in [3.63, 3.8) is 0 Å². The van der Waals surface area contributed by atoms with E-state index in [1.165, 1.54) is 28.8 Å². The lowest BCUT2D eigenvalue weighted by atomic mass is 10.1. The molecule has 6 nitrogen and oxygen atoms in total. The number of nitrogens with zero attached hydrogens (tertiary/aromatic N) is 4. The van der Waals surface area contributed by atoms with Crippen molar-refractivity contribution >= 4 is 23.3 Å². The van der Waals surface area contributed by atoms with Gasteiger partial charge in [0, 0.05) is 23.2 Å². The summed E-state index contributed by atoms with van der Waals surface area (Å²) in [6, 6.07) is 9.47. The number of hydrogen-bond donors (Lipinski definition) is 2. The monoisotopic (exact) mass is 348 g/mol. The first kappa shape index (κ1) is 16.3. The summed E-state index contributed by atoms with van der Waals surface area (Å²) in [5.41, 5.74) is 1.28. The van der Waals surface area contributed by atoms with E-state index in [0.29, 0.717) is 17.1 Å². The molecule has 0 unspecified atom stereocenters. The molecule has 0 saturated carbocycles. The molecule has 9 heteroatoms. The van der Waals surface area contributed by atoms with E-state index in [1.807, 2.05) is 19.2 Å². The summed E-state index contributed by atoms with van der Waals surface area (Å²) in [7, 11) is 3.52. The minimum absolute atomic E-state index is 0.0420. The predicted octanol–water partition coefficient (Wildman–Crippen LogP) is 3.13. The molecule has 0 radical (unpaired) electrons. The second-order valence-corrected chi connectivity index (χ2v) is 5.95. The summed E-state index contributed by atoms with van der Waals surface area (Å²) < 4.78 is 31.9. The van der Waals surface area contributed by atoms with Crippen LogP contribution in [-0.2, 0) is 7.05 Å². The summed E-state index contributed by atoms with van der Waals surface area (Å²) in [4.78, 5) is 0.931. The lowest BCUT2D eigenvalue weighted by Gasteiger charge is -2.13. The molecule has 2 aromatic carbocycles. The highest BCUT2D eigenvalue weighted by molar-refractivity contribution is 7.97. The molecule has 1 aromatic heterocycles. The quantitative estimate of drug-likeness (QED) is 0.691. The topological polar surface area (TPSA) is 67.7 Å². The Kier molecular flexibility index (Phi) is 4.72. The van der Waals surface area contributed by atoms with Crippen LogP contribution >= 0.6 is 11.9 Å². The van der Waals surface area contributed by atoms with Crippen LogP contribution in [0.15, 0.2) is 41.3 Å². The van der Waals surface area contributed by atoms with Gasteiger partial charge in [-0.25, -0.2) is 13.5 Å². The molecule has 2 N–H and O–H groups in total. The second kappa shape index (κ2) is 6.93. The summed E-state index contributed by atoms with van der Waals surface area (Å²) in [6.45, 7) is 0. The van der Waals surface area contributed by atoms with Crippen LogP contribution in [-0.4, -0.2) is 27.3 Å². The first-order valence-electron chi connectivity index (χ1n) is 7.01. The van der Waals surface area contributed by atoms with Crippen LogP contribution in [0, 0.1) is 11.6 Å². The lowest BCUT2D eigenvalue weighted by molar-refractivity contribution is 0.512. The largest absolute Gasteiger partial charge is 0.352 e. The maximum Gasteiger partial charge on any atom is 0.183 e. The van der Waals surface area contributed by atoms with Crippen LogP contribution in [0.4, 0.5) is 20.2 Å². The number of nitrogens with one attached hydrogen (secondary N) is 2. The summed E-state index contributed by atoms with van der Waals surface area (Å²) in [5.74, 6) is -1.34. The number of aryl methyl sites for hydroxylation is 1. The Hall–Kier alpha value is -2.52. The number of hydrogen-bond acceptors (Lipinski definition) is 6. The molecule has 124 valence electrons. The molecule has 0 saturated heterocycles. The summed E-state index contributed by atoms with van der Waals surface area (Å²) in [6.07, 6.45) is 0. The molecule has 0 atom stereocenters. The van der Waals surface area contributed by atoms with Crippen LogP contribution in [0.1, 0.15) is 0 Å². The third-order valence-electron chi connectivity index (χ3n) is 3.29. The van der Waals surface area contributed by atoms with Crippen molar-refractivity contribution in [2.45, 2.75) is 4.90 Å². The van der Waals surface area contributed by atoms with Crippen molar-refractivity contribution in [1.82, 2.24) is 24.9 Å². The Morgan fingerprint density at radius 3 is 2.67 bits per heavy atom. The van der Waals surface area contributed by atoms with Crippen molar-refractivity contribution in [2.24, 2.45) is 7.05 Å². The fraction of sp³-hybridized carbons (Fsp3) is 0.133. The zero-order chi connectivity index (χ0) is 17.1. The van der Waals surface area contributed by atoms with E-state index in [4.69, 9.17) is 0 Å². The molecule has 1 heterocycles. The van der Waals surface area contributed by atoms with Crippen molar-refractivity contribution in [2.75, 3.05) is 12.4 Å². The number of aromatic nitrogens is 4. The minimum Gasteiger partial charge on any atom is -0.352 e. The van der Waals surface area contributed by atoms with E-state index >= 15 is 0 Å². The van der Waals surface area contributed by atoms with Gasteiger partial charge in [-0.3, -0.25) is 4.72 Å². The van der Waals surface area contributed by atoms with Gasteiger partial charge in [-0.15, -0.1) is 5.10 Å². The molecule has 0 aliphatic carbocycles. The Balaban J connectivity index is 2.07. The average Bonchev–Trinajstić information content (AvgIpc) is 2.99. The maximum atomic E-state index is 13.9. The van der Waals surface area contributed by atoms with Crippen molar-refractivity contribution in [3.8, 4) is 11.4 Å². The average molecular weight is 348 g/mol. The SMILES string of the molecule is CNSc1ccc(Nc2cccc(F)c2F)c(-c2nnnn2C)c1. The third kappa shape index (κ3) is 3.22. The van der Waals surface area contributed by atoms with Gasteiger partial charge in [0.1, 0.15) is 0 Å². The Morgan fingerprint density at radius 1 is 1.12 bits per heavy atom. The van der Waals surface area contributed by atoms with Crippen LogP contribution in [0.5, 0.6) is 0 Å². The van der Waals surface area contributed by atoms with Crippen molar-refractivity contribution in [1.29, 1.82) is 0 Å². The highest BCUT2D eigenvalue weighted by Crippen LogP contribution is 2.33. The molecule has 24 heavy (non-hydrogen) atoms. The molecular weight excluding hydrogens is 334 g/mol. The first-order chi connectivity index (χ1) is 11.6. The third-order valence-corrected chi connectivity index (χ3v) is 3.99. The molecule has 0 bridgehead atoms. The van der Waals surface area contributed by atoms with Crippen molar-refractivity contribution < 1.29 is 8.78 Å². The van der Waals surface area contributed by atoms with E-state index in [1.54, 1.807) is 13.1 Å². The van der Waals surface area contributed by atoms with Crippen LogP contribution in [0.3, 0.4) is 0 Å². The fourth-order valence-corrected chi connectivity index (χ4v) is 2.75. The number of halogens is 2. The highest BCUT2D eigenvalue weighted by Gasteiger charge is 2.15. The first-order valence-corrected chi connectivity index (χ1v) is 7.83. The Morgan fingerprint density at radius 2 is 1.96 bits per heavy atom. The number of anilines is 2. The normalized spacial score (nSPS) is 10.8. The molecule has 0 spiro atoms. The van der Waals surface area contributed by atoms with Gasteiger partial charge < -0.3 is 5.32 Å². The zero-order valence-corrected chi connectivity index (χ0v) is 13.7. The van der Waals surface area contributed by atoms with E-state index in [-0.39, 0.29) is 5.69 Å². The molecule has 0 aliphatic heterocycles. The van der Waals surface area contributed by atoms with Crippen LogP contribution in [0.2, 0.25) is 0 Å². The summed E-state index contributed by atoms with van der Waals surface area (Å²) in [5, 5.41) is 14.4. The molecule has 3 rings (SSSR count). The van der Waals surface area contributed by atoms with E-state index in [2.05, 4.69) is 25.6 Å². The van der Waals surface area contributed by atoms with Gasteiger partial charge in [0.05, 0.1) is 5.69 Å². The second-order valence-electron chi connectivity index (χ2n) is 4.87. The standard InChI is InChI=1S/C15H14F2N6S/c1-18-24-9-6-7-12(10(8-9)15-20-21-22-23(15)2)19-13-5-3-4-11(16)14(13)17/h3-8,18-19H,1-2H3. The molecule has 0 aliphatic rings. The van der Waals surface area contributed by atoms with Gasteiger partial charge in [-0.2, -0.15) is 0 Å². The number of rotatable bonds is 5. The fourth-order valence-electron chi connectivity index (χ4n) is 2.20. The maximum absolute atomic E-state index is 13.9. The minimum atomic E-state index is -0.937. The Bertz CT molecular complexity index is 867. The van der Waals surface area contributed by atoms with Crippen LogP contribution in [0.25, 0.3) is 11.4 Å². The van der Waals surface area contributed by atoms with Gasteiger partial charge >= 0.3 is 0 Å². The van der Waals surface area contributed by atoms with Gasteiger partial charge in [-0.1, -0.05) is 6.07 Å². The van der Waals surface area contributed by atoms with E-state index in [0.717, 1.165) is 11.0 Å². The molecular formula is C15H14F2N6S. The number of benzene rings is 2. The highest BCUT2D eigenvalue weighted by atomic mass is 32.2. The van der Waals surface area contributed by atoms with Gasteiger partial charge in [0.2, 0.25) is 0 Å². The van der Waals surface area contributed by atoms with E-state index < -0.39 is 11.6 Å². The lowest BCUT2D eigenvalue weighted by Crippen LogP contribution is -2.02. The molecule has 0 fully saturated rings. The Labute approximate surface area is 141 Å². The molecule has 3 aromatic rings. The van der Waals surface area contributed by atoms with Gasteiger partial charge in [0.15, 0.2) is 17.5 Å². The van der Waals surface area contributed by atoms with Crippen LogP contribution < -0.4 is 10.0 Å².